The summed E-state index contributed by atoms with van der Waals surface area (Å²) in [5, 5.41) is 13.0. The molecule has 0 N–H and O–H groups in total. The molecule has 0 aliphatic rings. The van der Waals surface area contributed by atoms with E-state index in [1.54, 1.807) is 23.0 Å². The van der Waals surface area contributed by atoms with E-state index in [0.29, 0.717) is 17.7 Å². The van der Waals surface area contributed by atoms with Crippen LogP contribution in [0.3, 0.4) is 0 Å². The van der Waals surface area contributed by atoms with Crippen molar-refractivity contribution in [3.8, 4) is 6.07 Å². The topological polar surface area (TPSA) is 67.9 Å². The van der Waals surface area contributed by atoms with Crippen LogP contribution in [0, 0.1) is 17.1 Å². The van der Waals surface area contributed by atoms with Gasteiger partial charge in [-0.2, -0.15) is 10.4 Å². The van der Waals surface area contributed by atoms with E-state index < -0.39 is 11.8 Å². The maximum atomic E-state index is 13.7. The molecule has 0 saturated carbocycles. The standard InChI is InChI=1S/C19H14FN3O2/c20-18-7-4-15(11-21)10-17(18)13-25-19(24)16-5-2-14(3-6-16)12-23-9-1-8-22-23/h1-10H,12-13H2. The van der Waals surface area contributed by atoms with E-state index in [-0.39, 0.29) is 12.2 Å². The zero-order valence-electron chi connectivity index (χ0n) is 13.2. The fourth-order valence-corrected chi connectivity index (χ4v) is 2.31. The van der Waals surface area contributed by atoms with Crippen molar-refractivity contribution in [2.24, 2.45) is 0 Å². The average molecular weight is 335 g/mol. The first kappa shape index (κ1) is 16.4. The van der Waals surface area contributed by atoms with E-state index in [9.17, 15) is 9.18 Å². The quantitative estimate of drug-likeness (QED) is 0.671. The molecule has 0 unspecified atom stereocenters. The lowest BCUT2D eigenvalue weighted by atomic mass is 10.1. The first-order chi connectivity index (χ1) is 12.2. The van der Waals surface area contributed by atoms with Crippen LogP contribution in [0.1, 0.15) is 27.0 Å². The number of ether oxygens (including phenoxy) is 1. The number of halogens is 1. The highest BCUT2D eigenvalue weighted by Crippen LogP contribution is 2.13. The SMILES string of the molecule is N#Cc1ccc(F)c(COC(=O)c2ccc(Cn3cccn3)cc2)c1. The van der Waals surface area contributed by atoms with Gasteiger partial charge in [0.2, 0.25) is 0 Å². The molecule has 3 aromatic rings. The lowest BCUT2D eigenvalue weighted by Crippen LogP contribution is -2.07. The summed E-state index contributed by atoms with van der Waals surface area (Å²) < 4.78 is 20.6. The third-order valence-electron chi connectivity index (χ3n) is 3.63. The van der Waals surface area contributed by atoms with E-state index in [4.69, 9.17) is 10.00 Å². The number of carbonyl (C=O) groups excluding carboxylic acids is 1. The van der Waals surface area contributed by atoms with E-state index >= 15 is 0 Å². The first-order valence-electron chi connectivity index (χ1n) is 7.58. The van der Waals surface area contributed by atoms with Gasteiger partial charge in [0.1, 0.15) is 12.4 Å². The summed E-state index contributed by atoms with van der Waals surface area (Å²) in [5.41, 5.74) is 1.85. The molecule has 0 aliphatic heterocycles. The van der Waals surface area contributed by atoms with Crippen LogP contribution in [0.4, 0.5) is 4.39 Å². The van der Waals surface area contributed by atoms with Gasteiger partial charge in [-0.05, 0) is 42.0 Å². The van der Waals surface area contributed by atoms with Crippen molar-refractivity contribution in [3.63, 3.8) is 0 Å². The summed E-state index contributed by atoms with van der Waals surface area (Å²) in [7, 11) is 0. The predicted molar refractivity (Wildman–Crippen MR) is 88.0 cm³/mol. The molecular formula is C19H14FN3O2. The molecule has 25 heavy (non-hydrogen) atoms. The molecule has 2 aromatic carbocycles. The van der Waals surface area contributed by atoms with Gasteiger partial charge in [0.15, 0.2) is 0 Å². The molecule has 5 nitrogen and oxygen atoms in total. The van der Waals surface area contributed by atoms with Crippen molar-refractivity contribution in [1.82, 2.24) is 9.78 Å². The summed E-state index contributed by atoms with van der Waals surface area (Å²) >= 11 is 0. The molecule has 0 saturated heterocycles. The number of rotatable bonds is 5. The second kappa shape index (κ2) is 7.41. The molecule has 0 atom stereocenters. The Morgan fingerprint density at radius 3 is 2.72 bits per heavy atom. The van der Waals surface area contributed by atoms with Crippen LogP contribution in [-0.4, -0.2) is 15.7 Å². The van der Waals surface area contributed by atoms with E-state index in [1.165, 1.54) is 18.2 Å². The van der Waals surface area contributed by atoms with Crippen LogP contribution in [-0.2, 0) is 17.9 Å². The van der Waals surface area contributed by atoms with Gasteiger partial charge in [0.05, 0.1) is 23.7 Å². The summed E-state index contributed by atoms with van der Waals surface area (Å²) in [4.78, 5) is 12.1. The summed E-state index contributed by atoms with van der Waals surface area (Å²) in [6.45, 7) is 0.379. The second-order valence-electron chi connectivity index (χ2n) is 5.39. The molecule has 0 fully saturated rings. The first-order valence-corrected chi connectivity index (χ1v) is 7.58. The lowest BCUT2D eigenvalue weighted by molar-refractivity contribution is 0.0469. The van der Waals surface area contributed by atoms with Crippen molar-refractivity contribution in [1.29, 1.82) is 5.26 Å². The third kappa shape index (κ3) is 4.09. The minimum atomic E-state index is -0.549. The van der Waals surface area contributed by atoms with Crippen LogP contribution in [0.15, 0.2) is 60.9 Å². The predicted octanol–water partition coefficient (Wildman–Crippen LogP) is 3.30. The van der Waals surface area contributed by atoms with Crippen molar-refractivity contribution in [2.45, 2.75) is 13.2 Å². The fraction of sp³-hybridized carbons (Fsp3) is 0.105. The van der Waals surface area contributed by atoms with Crippen molar-refractivity contribution in [3.05, 3.63) is 89.0 Å². The van der Waals surface area contributed by atoms with E-state index in [2.05, 4.69) is 5.10 Å². The van der Waals surface area contributed by atoms with Crippen LogP contribution < -0.4 is 0 Å². The van der Waals surface area contributed by atoms with Crippen LogP contribution in [0.5, 0.6) is 0 Å². The van der Waals surface area contributed by atoms with E-state index in [1.807, 2.05) is 30.5 Å². The molecule has 0 spiro atoms. The summed E-state index contributed by atoms with van der Waals surface area (Å²) in [6, 6.07) is 14.6. The Morgan fingerprint density at radius 1 is 1.24 bits per heavy atom. The molecule has 6 heteroatoms. The second-order valence-corrected chi connectivity index (χ2v) is 5.39. The van der Waals surface area contributed by atoms with Gasteiger partial charge in [-0.3, -0.25) is 4.68 Å². The van der Waals surface area contributed by atoms with Gasteiger partial charge in [0, 0.05) is 18.0 Å². The Morgan fingerprint density at radius 2 is 2.04 bits per heavy atom. The molecule has 1 aromatic heterocycles. The molecular weight excluding hydrogens is 321 g/mol. The Bertz CT molecular complexity index is 913. The number of aromatic nitrogens is 2. The maximum Gasteiger partial charge on any atom is 0.338 e. The average Bonchev–Trinajstić information content (AvgIpc) is 3.14. The largest absolute Gasteiger partial charge is 0.457 e. The third-order valence-corrected chi connectivity index (χ3v) is 3.63. The molecule has 0 radical (unpaired) electrons. The van der Waals surface area contributed by atoms with Gasteiger partial charge in [0.25, 0.3) is 0 Å². The fourth-order valence-electron chi connectivity index (χ4n) is 2.31. The molecule has 0 aliphatic carbocycles. The highest BCUT2D eigenvalue weighted by molar-refractivity contribution is 5.89. The summed E-state index contributed by atoms with van der Waals surface area (Å²) in [6.07, 6.45) is 3.55. The number of esters is 1. The number of hydrogen-bond donors (Lipinski definition) is 0. The number of nitrogens with zero attached hydrogens (tertiary/aromatic N) is 3. The van der Waals surface area contributed by atoms with Gasteiger partial charge in [-0.15, -0.1) is 0 Å². The Balaban J connectivity index is 1.62. The van der Waals surface area contributed by atoms with Crippen molar-refractivity contribution in [2.75, 3.05) is 0 Å². The van der Waals surface area contributed by atoms with Crippen LogP contribution in [0.2, 0.25) is 0 Å². The van der Waals surface area contributed by atoms with Crippen molar-refractivity contribution >= 4 is 5.97 Å². The van der Waals surface area contributed by atoms with Crippen molar-refractivity contribution < 1.29 is 13.9 Å². The molecule has 0 bridgehead atoms. The monoisotopic (exact) mass is 335 g/mol. The van der Waals surface area contributed by atoms with Gasteiger partial charge in [-0.1, -0.05) is 12.1 Å². The summed E-state index contributed by atoms with van der Waals surface area (Å²) in [5.74, 6) is -1.06. The highest BCUT2D eigenvalue weighted by atomic mass is 19.1. The Kier molecular flexibility index (Phi) is 4.86. The van der Waals surface area contributed by atoms with Crippen LogP contribution in [0.25, 0.3) is 0 Å². The zero-order valence-corrected chi connectivity index (χ0v) is 13.2. The molecule has 1 heterocycles. The van der Waals surface area contributed by atoms with Gasteiger partial charge in [-0.25, -0.2) is 9.18 Å². The number of benzene rings is 2. The van der Waals surface area contributed by atoms with Gasteiger partial charge >= 0.3 is 5.97 Å². The number of hydrogen-bond acceptors (Lipinski definition) is 4. The smallest absolute Gasteiger partial charge is 0.338 e. The Hall–Kier alpha value is -3.46. The van der Waals surface area contributed by atoms with E-state index in [0.717, 1.165) is 5.56 Å². The normalized spacial score (nSPS) is 10.2. The molecule has 3 rings (SSSR count). The highest BCUT2D eigenvalue weighted by Gasteiger charge is 2.10. The minimum Gasteiger partial charge on any atom is -0.457 e. The molecule has 0 amide bonds. The zero-order chi connectivity index (χ0) is 17.6. The maximum absolute atomic E-state index is 13.7. The number of carbonyl (C=O) groups is 1. The lowest BCUT2D eigenvalue weighted by Gasteiger charge is -2.07. The van der Waals surface area contributed by atoms with Gasteiger partial charge < -0.3 is 4.74 Å². The minimum absolute atomic E-state index is 0.169. The Labute approximate surface area is 143 Å². The van der Waals surface area contributed by atoms with Crippen LogP contribution >= 0.6 is 0 Å². The number of nitriles is 1. The molecule has 124 valence electrons.